The third kappa shape index (κ3) is 4.74. The van der Waals surface area contributed by atoms with Crippen LogP contribution in [-0.2, 0) is 11.2 Å². The van der Waals surface area contributed by atoms with E-state index < -0.39 is 11.9 Å². The molecule has 1 rings (SSSR count). The van der Waals surface area contributed by atoms with E-state index in [0.29, 0.717) is 18.9 Å². The zero-order chi connectivity index (χ0) is 11.8. The van der Waals surface area contributed by atoms with Gasteiger partial charge in [-0.05, 0) is 0 Å². The summed E-state index contributed by atoms with van der Waals surface area (Å²) in [5.41, 5.74) is 0. The van der Waals surface area contributed by atoms with Gasteiger partial charge < -0.3 is 9.84 Å². The molecule has 0 aliphatic heterocycles. The van der Waals surface area contributed by atoms with Gasteiger partial charge >= 0.3 is 6.03 Å². The first-order valence-electron chi connectivity index (χ1n) is 4.61. The number of nitrogens with zero attached hydrogens (tertiary/aromatic N) is 2. The molecule has 7 nitrogen and oxygen atoms in total. The van der Waals surface area contributed by atoms with E-state index in [4.69, 9.17) is 16.1 Å². The van der Waals surface area contributed by atoms with E-state index in [0.717, 1.165) is 0 Å². The number of hydrogen-bond acceptors (Lipinski definition) is 5. The number of imide groups is 1. The largest absolute Gasteiger partial charge is 0.340 e. The fourth-order valence-corrected chi connectivity index (χ4v) is 1.08. The number of rotatable bonds is 5. The Kier molecular flexibility index (Phi) is 5.27. The number of halogens is 1. The van der Waals surface area contributed by atoms with Crippen molar-refractivity contribution in [2.75, 3.05) is 12.4 Å². The summed E-state index contributed by atoms with van der Waals surface area (Å²) in [6.45, 7) is 0.308. The lowest BCUT2D eigenvalue weighted by atomic mass is 10.4. The lowest BCUT2D eigenvalue weighted by Crippen LogP contribution is -2.40. The molecule has 8 heteroatoms. The average molecular weight is 247 g/mol. The molecule has 0 aromatic carbocycles. The first kappa shape index (κ1) is 12.4. The van der Waals surface area contributed by atoms with Crippen molar-refractivity contribution >= 4 is 23.5 Å². The lowest BCUT2D eigenvalue weighted by Gasteiger charge is -2.04. The molecule has 0 radical (unpaired) electrons. The van der Waals surface area contributed by atoms with Gasteiger partial charge in [-0.15, -0.1) is 11.6 Å². The number of amides is 3. The Morgan fingerprint density at radius 1 is 1.50 bits per heavy atom. The van der Waals surface area contributed by atoms with Gasteiger partial charge in [0, 0.05) is 25.3 Å². The SMILES string of the molecule is O=C(CCCl)NC(=O)NCCc1ncno1. The van der Waals surface area contributed by atoms with Gasteiger partial charge in [-0.3, -0.25) is 10.1 Å². The zero-order valence-corrected chi connectivity index (χ0v) is 9.16. The summed E-state index contributed by atoms with van der Waals surface area (Å²) in [6, 6.07) is -0.561. The van der Waals surface area contributed by atoms with Crippen LogP contribution in [-0.4, -0.2) is 34.5 Å². The van der Waals surface area contributed by atoms with Crippen LogP contribution in [0.25, 0.3) is 0 Å². The molecular weight excluding hydrogens is 236 g/mol. The molecule has 0 spiro atoms. The van der Waals surface area contributed by atoms with Crippen molar-refractivity contribution in [1.29, 1.82) is 0 Å². The fourth-order valence-electron chi connectivity index (χ4n) is 0.908. The molecule has 3 amide bonds. The second-order valence-electron chi connectivity index (χ2n) is 2.83. The highest BCUT2D eigenvalue weighted by Crippen LogP contribution is 1.90. The van der Waals surface area contributed by atoms with Crippen LogP contribution in [0, 0.1) is 0 Å². The second-order valence-corrected chi connectivity index (χ2v) is 3.21. The Morgan fingerprint density at radius 3 is 2.94 bits per heavy atom. The quantitative estimate of drug-likeness (QED) is 0.717. The van der Waals surface area contributed by atoms with Gasteiger partial charge in [-0.2, -0.15) is 4.98 Å². The maximum atomic E-state index is 11.1. The molecule has 1 aromatic heterocycles. The van der Waals surface area contributed by atoms with Crippen molar-refractivity contribution in [2.24, 2.45) is 0 Å². The topological polar surface area (TPSA) is 97.1 Å². The fraction of sp³-hybridized carbons (Fsp3) is 0.500. The molecule has 0 saturated heterocycles. The first-order valence-corrected chi connectivity index (χ1v) is 5.15. The number of carbonyl (C=O) groups excluding carboxylic acids is 2. The van der Waals surface area contributed by atoms with Crippen LogP contribution >= 0.6 is 11.6 Å². The summed E-state index contributed by atoms with van der Waals surface area (Å²) in [6.07, 6.45) is 1.80. The number of nitrogens with one attached hydrogen (secondary N) is 2. The van der Waals surface area contributed by atoms with Gasteiger partial charge in [0.2, 0.25) is 11.8 Å². The van der Waals surface area contributed by atoms with E-state index in [1.165, 1.54) is 6.33 Å². The van der Waals surface area contributed by atoms with E-state index in [1.807, 2.05) is 0 Å². The highest BCUT2D eigenvalue weighted by Gasteiger charge is 2.06. The molecule has 1 heterocycles. The smallest absolute Gasteiger partial charge is 0.321 e. The molecule has 88 valence electrons. The van der Waals surface area contributed by atoms with Gasteiger partial charge in [0.05, 0.1) is 0 Å². The maximum absolute atomic E-state index is 11.1. The molecular formula is C8H11ClN4O3. The summed E-state index contributed by atoms with van der Waals surface area (Å²) in [4.78, 5) is 25.8. The minimum Gasteiger partial charge on any atom is -0.340 e. The molecule has 1 aromatic rings. The Morgan fingerprint density at radius 2 is 2.31 bits per heavy atom. The summed E-state index contributed by atoms with van der Waals surface area (Å²) >= 11 is 5.33. The highest BCUT2D eigenvalue weighted by molar-refractivity contribution is 6.19. The molecule has 0 bridgehead atoms. The molecule has 0 aliphatic rings. The van der Waals surface area contributed by atoms with Crippen LogP contribution in [0.15, 0.2) is 10.9 Å². The summed E-state index contributed by atoms with van der Waals surface area (Å²) < 4.78 is 4.72. The summed E-state index contributed by atoms with van der Waals surface area (Å²) in [7, 11) is 0. The van der Waals surface area contributed by atoms with Crippen molar-refractivity contribution in [2.45, 2.75) is 12.8 Å². The van der Waals surface area contributed by atoms with E-state index >= 15 is 0 Å². The minimum atomic E-state index is -0.561. The van der Waals surface area contributed by atoms with E-state index in [-0.39, 0.29) is 12.3 Å². The van der Waals surface area contributed by atoms with Gasteiger partial charge in [0.1, 0.15) is 0 Å². The minimum absolute atomic E-state index is 0.110. The lowest BCUT2D eigenvalue weighted by molar-refractivity contribution is -0.119. The van der Waals surface area contributed by atoms with Crippen molar-refractivity contribution in [1.82, 2.24) is 20.8 Å². The van der Waals surface area contributed by atoms with Crippen molar-refractivity contribution in [3.63, 3.8) is 0 Å². The Labute approximate surface area is 96.5 Å². The van der Waals surface area contributed by atoms with Crippen molar-refractivity contribution in [3.05, 3.63) is 12.2 Å². The van der Waals surface area contributed by atoms with Crippen LogP contribution in [0.5, 0.6) is 0 Å². The predicted octanol–water partition coefficient (Wildman–Crippen LogP) is 0.0668. The average Bonchev–Trinajstić information content (AvgIpc) is 2.70. The molecule has 0 aliphatic carbocycles. The van der Waals surface area contributed by atoms with Crippen LogP contribution in [0.2, 0.25) is 0 Å². The Balaban J connectivity index is 2.13. The van der Waals surface area contributed by atoms with Gasteiger partial charge in [-0.1, -0.05) is 5.16 Å². The monoisotopic (exact) mass is 246 g/mol. The van der Waals surface area contributed by atoms with Gasteiger partial charge in [-0.25, -0.2) is 4.79 Å². The standard InChI is InChI=1S/C8H11ClN4O3/c9-3-1-6(14)13-8(15)10-4-2-7-11-5-12-16-7/h5H,1-4H2,(H2,10,13,14,15). The Hall–Kier alpha value is -1.63. The second kappa shape index (κ2) is 6.78. The molecule has 0 unspecified atom stereocenters. The highest BCUT2D eigenvalue weighted by atomic mass is 35.5. The molecule has 0 atom stereocenters. The number of alkyl halides is 1. The number of aromatic nitrogens is 2. The normalized spacial score (nSPS) is 9.81. The van der Waals surface area contributed by atoms with Crippen molar-refractivity contribution < 1.29 is 14.1 Å². The van der Waals surface area contributed by atoms with Crippen LogP contribution in [0.1, 0.15) is 12.3 Å². The van der Waals surface area contributed by atoms with Gasteiger partial charge in [0.25, 0.3) is 0 Å². The van der Waals surface area contributed by atoms with E-state index in [1.54, 1.807) is 0 Å². The summed E-state index contributed by atoms with van der Waals surface area (Å²) in [5.74, 6) is 0.193. The molecule has 0 saturated carbocycles. The van der Waals surface area contributed by atoms with Crippen molar-refractivity contribution in [3.8, 4) is 0 Å². The summed E-state index contributed by atoms with van der Waals surface area (Å²) in [5, 5.41) is 8.00. The van der Waals surface area contributed by atoms with E-state index in [9.17, 15) is 9.59 Å². The zero-order valence-electron chi connectivity index (χ0n) is 8.40. The Bertz CT molecular complexity index is 341. The number of carbonyl (C=O) groups is 2. The number of urea groups is 1. The van der Waals surface area contributed by atoms with Crippen LogP contribution in [0.3, 0.4) is 0 Å². The molecule has 16 heavy (non-hydrogen) atoms. The maximum Gasteiger partial charge on any atom is 0.321 e. The number of hydrogen-bond donors (Lipinski definition) is 2. The first-order chi connectivity index (χ1) is 7.72. The van der Waals surface area contributed by atoms with Crippen LogP contribution < -0.4 is 10.6 Å². The predicted molar refractivity (Wildman–Crippen MR) is 54.9 cm³/mol. The molecule has 0 fully saturated rings. The van der Waals surface area contributed by atoms with Crippen LogP contribution in [0.4, 0.5) is 4.79 Å². The van der Waals surface area contributed by atoms with E-state index in [2.05, 4.69) is 20.8 Å². The third-order valence-electron chi connectivity index (χ3n) is 1.61. The van der Waals surface area contributed by atoms with Gasteiger partial charge in [0.15, 0.2) is 6.33 Å². The molecule has 2 N–H and O–H groups in total. The third-order valence-corrected chi connectivity index (χ3v) is 1.79.